The van der Waals surface area contributed by atoms with Gasteiger partial charge in [-0.05, 0) is 12.6 Å². The van der Waals surface area contributed by atoms with Crippen LogP contribution in [0.15, 0.2) is 18.2 Å². The minimum atomic E-state index is -0.812. The molecule has 0 fully saturated rings. The minimum Gasteiger partial charge on any atom is -0.395 e. The van der Waals surface area contributed by atoms with Crippen LogP contribution in [-0.2, 0) is 0 Å². The number of aliphatic hydroxyl groups excluding tert-OH is 1. The highest BCUT2D eigenvalue weighted by Gasteiger charge is 2.21. The molecular weight excluding hydrogens is 226 g/mol. The molecule has 1 aromatic carbocycles. The van der Waals surface area contributed by atoms with E-state index in [4.69, 9.17) is 10.4 Å². The molecular formula is C12H14F2N2O. The third-order valence-electron chi connectivity index (χ3n) is 2.54. The molecule has 0 aromatic heterocycles. The fourth-order valence-electron chi connectivity index (χ4n) is 1.67. The molecule has 3 nitrogen and oxygen atoms in total. The lowest BCUT2D eigenvalue weighted by Gasteiger charge is -2.25. The van der Waals surface area contributed by atoms with Crippen molar-refractivity contribution >= 4 is 0 Å². The molecule has 1 rings (SSSR count). The quantitative estimate of drug-likeness (QED) is 0.854. The van der Waals surface area contributed by atoms with Crippen LogP contribution in [0.5, 0.6) is 0 Å². The van der Waals surface area contributed by atoms with E-state index in [1.165, 1.54) is 6.07 Å². The highest BCUT2D eigenvalue weighted by Crippen LogP contribution is 2.23. The van der Waals surface area contributed by atoms with Gasteiger partial charge in [0.1, 0.15) is 17.7 Å². The van der Waals surface area contributed by atoms with Crippen LogP contribution in [0.3, 0.4) is 0 Å². The summed E-state index contributed by atoms with van der Waals surface area (Å²) in [5.41, 5.74) is 0.129. The van der Waals surface area contributed by atoms with Gasteiger partial charge in [-0.25, -0.2) is 8.78 Å². The number of benzene rings is 1. The van der Waals surface area contributed by atoms with Gasteiger partial charge in [0.25, 0.3) is 0 Å². The molecule has 0 aliphatic rings. The monoisotopic (exact) mass is 240 g/mol. The van der Waals surface area contributed by atoms with Crippen LogP contribution >= 0.6 is 0 Å². The lowest BCUT2D eigenvalue weighted by Crippen LogP contribution is -2.31. The smallest absolute Gasteiger partial charge is 0.131 e. The van der Waals surface area contributed by atoms with E-state index in [1.807, 2.05) is 6.07 Å². The number of hydrogen-bond acceptors (Lipinski definition) is 3. The van der Waals surface area contributed by atoms with Crippen LogP contribution in [0.4, 0.5) is 8.78 Å². The van der Waals surface area contributed by atoms with E-state index in [0.717, 1.165) is 12.1 Å². The van der Waals surface area contributed by atoms with Gasteiger partial charge in [0.2, 0.25) is 0 Å². The van der Waals surface area contributed by atoms with E-state index >= 15 is 0 Å². The van der Waals surface area contributed by atoms with E-state index in [9.17, 15) is 8.78 Å². The Labute approximate surface area is 98.9 Å². The molecule has 0 amide bonds. The molecule has 1 unspecified atom stereocenters. The van der Waals surface area contributed by atoms with Gasteiger partial charge < -0.3 is 5.11 Å². The van der Waals surface area contributed by atoms with E-state index in [-0.39, 0.29) is 18.7 Å². The molecule has 0 spiro atoms. The van der Waals surface area contributed by atoms with Gasteiger partial charge in [-0.2, -0.15) is 5.26 Å². The van der Waals surface area contributed by atoms with Gasteiger partial charge in [-0.3, -0.25) is 4.90 Å². The zero-order valence-corrected chi connectivity index (χ0v) is 9.53. The molecule has 0 bridgehead atoms. The average Bonchev–Trinajstić information content (AvgIpc) is 2.31. The van der Waals surface area contributed by atoms with Crippen LogP contribution in [-0.4, -0.2) is 29.7 Å². The molecule has 1 atom stereocenters. The Hall–Kier alpha value is -1.51. The Kier molecular flexibility index (Phi) is 5.01. The SMILES string of the molecule is CCN(CCO)C(C#N)c1ccc(F)cc1F. The highest BCUT2D eigenvalue weighted by molar-refractivity contribution is 5.26. The second-order valence-electron chi connectivity index (χ2n) is 3.55. The normalized spacial score (nSPS) is 12.5. The number of rotatable bonds is 5. The summed E-state index contributed by atoms with van der Waals surface area (Å²) in [6, 6.07) is 4.29. The summed E-state index contributed by atoms with van der Waals surface area (Å²) in [6.45, 7) is 2.46. The highest BCUT2D eigenvalue weighted by atomic mass is 19.1. The van der Waals surface area contributed by atoms with Gasteiger partial charge in [-0.1, -0.05) is 13.0 Å². The van der Waals surface area contributed by atoms with E-state index in [0.29, 0.717) is 6.54 Å². The largest absolute Gasteiger partial charge is 0.395 e. The summed E-state index contributed by atoms with van der Waals surface area (Å²) < 4.78 is 26.3. The van der Waals surface area contributed by atoms with Crippen LogP contribution in [0.1, 0.15) is 18.5 Å². The predicted molar refractivity (Wildman–Crippen MR) is 59.0 cm³/mol. The summed E-state index contributed by atoms with van der Waals surface area (Å²) in [4.78, 5) is 1.62. The lowest BCUT2D eigenvalue weighted by molar-refractivity contribution is 0.178. The zero-order chi connectivity index (χ0) is 12.8. The molecule has 0 radical (unpaired) electrons. The van der Waals surface area contributed by atoms with Crippen molar-refractivity contribution in [2.75, 3.05) is 19.7 Å². The first-order chi connectivity index (χ1) is 8.13. The van der Waals surface area contributed by atoms with Crippen LogP contribution in [0.25, 0.3) is 0 Å². The Bertz CT molecular complexity index is 417. The standard InChI is InChI=1S/C12H14F2N2O/c1-2-16(5-6-17)12(8-15)10-4-3-9(13)7-11(10)14/h3-4,7,12,17H,2,5-6H2,1H3. The maximum atomic E-state index is 13.5. The minimum absolute atomic E-state index is 0.116. The Morgan fingerprint density at radius 1 is 1.47 bits per heavy atom. The van der Waals surface area contributed by atoms with Gasteiger partial charge in [0.05, 0.1) is 12.7 Å². The lowest BCUT2D eigenvalue weighted by atomic mass is 10.1. The van der Waals surface area contributed by atoms with Crippen molar-refractivity contribution in [3.05, 3.63) is 35.4 Å². The number of aliphatic hydroxyl groups is 1. The molecule has 0 heterocycles. The Morgan fingerprint density at radius 3 is 2.65 bits per heavy atom. The molecule has 92 valence electrons. The summed E-state index contributed by atoms with van der Waals surface area (Å²) in [5, 5.41) is 17.9. The first-order valence-corrected chi connectivity index (χ1v) is 5.33. The maximum absolute atomic E-state index is 13.5. The van der Waals surface area contributed by atoms with Crippen molar-refractivity contribution in [1.82, 2.24) is 4.90 Å². The van der Waals surface area contributed by atoms with Crippen LogP contribution in [0.2, 0.25) is 0 Å². The van der Waals surface area contributed by atoms with Crippen molar-refractivity contribution in [3.8, 4) is 6.07 Å². The van der Waals surface area contributed by atoms with Crippen molar-refractivity contribution < 1.29 is 13.9 Å². The first kappa shape index (κ1) is 13.6. The topological polar surface area (TPSA) is 47.3 Å². The van der Waals surface area contributed by atoms with Gasteiger partial charge >= 0.3 is 0 Å². The molecule has 0 saturated carbocycles. The van der Waals surface area contributed by atoms with E-state index in [1.54, 1.807) is 11.8 Å². The first-order valence-electron chi connectivity index (χ1n) is 5.33. The van der Waals surface area contributed by atoms with Crippen molar-refractivity contribution in [3.63, 3.8) is 0 Å². The third-order valence-corrected chi connectivity index (χ3v) is 2.54. The molecule has 1 aromatic rings. The number of nitrogens with zero attached hydrogens (tertiary/aromatic N) is 2. The zero-order valence-electron chi connectivity index (χ0n) is 9.53. The van der Waals surface area contributed by atoms with Crippen LogP contribution in [0, 0.1) is 23.0 Å². The van der Waals surface area contributed by atoms with Crippen molar-refractivity contribution in [2.45, 2.75) is 13.0 Å². The van der Waals surface area contributed by atoms with Crippen LogP contribution < -0.4 is 0 Å². The number of likely N-dealkylation sites (N-methyl/N-ethyl adjacent to an activating group) is 1. The number of halogens is 2. The summed E-state index contributed by atoms with van der Waals surface area (Å²) >= 11 is 0. The fraction of sp³-hybridized carbons (Fsp3) is 0.417. The Balaban J connectivity index is 3.04. The third kappa shape index (κ3) is 3.22. The molecule has 0 aliphatic heterocycles. The van der Waals surface area contributed by atoms with E-state index in [2.05, 4.69) is 0 Å². The summed E-state index contributed by atoms with van der Waals surface area (Å²) in [7, 11) is 0. The predicted octanol–water partition coefficient (Wildman–Crippen LogP) is 1.84. The van der Waals surface area contributed by atoms with Crippen molar-refractivity contribution in [2.24, 2.45) is 0 Å². The van der Waals surface area contributed by atoms with Gasteiger partial charge in [0.15, 0.2) is 0 Å². The number of nitriles is 1. The maximum Gasteiger partial charge on any atom is 0.131 e. The van der Waals surface area contributed by atoms with E-state index < -0.39 is 17.7 Å². The summed E-state index contributed by atoms with van der Waals surface area (Å²) in [6.07, 6.45) is 0. The Morgan fingerprint density at radius 2 is 2.18 bits per heavy atom. The molecule has 0 aliphatic carbocycles. The van der Waals surface area contributed by atoms with Gasteiger partial charge in [0, 0.05) is 18.2 Å². The average molecular weight is 240 g/mol. The second kappa shape index (κ2) is 6.28. The van der Waals surface area contributed by atoms with Gasteiger partial charge in [-0.15, -0.1) is 0 Å². The molecule has 5 heteroatoms. The molecule has 1 N–H and O–H groups in total. The number of hydrogen-bond donors (Lipinski definition) is 1. The van der Waals surface area contributed by atoms with Crippen molar-refractivity contribution in [1.29, 1.82) is 5.26 Å². The molecule has 17 heavy (non-hydrogen) atoms. The molecule has 0 saturated heterocycles. The summed E-state index contributed by atoms with van der Waals surface area (Å²) in [5.74, 6) is -1.42. The fourth-order valence-corrected chi connectivity index (χ4v) is 1.67. The second-order valence-corrected chi connectivity index (χ2v) is 3.55.